The van der Waals surface area contributed by atoms with Gasteiger partial charge >= 0.3 is 0 Å². The number of methoxy groups -OCH3 is 1. The fourth-order valence-electron chi connectivity index (χ4n) is 2.79. The van der Waals surface area contributed by atoms with E-state index in [-0.39, 0.29) is 21.7 Å². The number of benzene rings is 2. The van der Waals surface area contributed by atoms with Crippen LogP contribution < -0.4 is 15.6 Å². The molecule has 10 heteroatoms. The number of aromatic amines is 1. The molecule has 0 aliphatic heterocycles. The number of nitrogens with one attached hydrogen (secondary N) is 2. The molecule has 0 aliphatic carbocycles. The molecule has 0 spiro atoms. The van der Waals surface area contributed by atoms with Gasteiger partial charge < -0.3 is 15.0 Å². The summed E-state index contributed by atoms with van der Waals surface area (Å²) in [5.41, 5.74) is 1.94. The van der Waals surface area contributed by atoms with Gasteiger partial charge in [-0.3, -0.25) is 9.59 Å². The molecule has 162 valence electrons. The van der Waals surface area contributed by atoms with Crippen LogP contribution in [0.5, 0.6) is 5.75 Å². The molecule has 0 aliphatic rings. The maximum atomic E-state index is 12.7. The van der Waals surface area contributed by atoms with Gasteiger partial charge in [-0.1, -0.05) is 29.5 Å². The van der Waals surface area contributed by atoms with Crippen molar-refractivity contribution in [3.05, 3.63) is 70.1 Å². The Labute approximate surface area is 184 Å². The number of hydrogen-bond acceptors (Lipinski definition) is 7. The first-order valence-electron chi connectivity index (χ1n) is 9.19. The molecule has 1 amide bonds. The smallest absolute Gasteiger partial charge is 0.270 e. The van der Waals surface area contributed by atoms with Gasteiger partial charge in [0, 0.05) is 5.69 Å². The molecule has 8 nitrogen and oxygen atoms in total. The van der Waals surface area contributed by atoms with Crippen molar-refractivity contribution in [2.24, 2.45) is 0 Å². The number of sulfone groups is 1. The molecule has 3 rings (SSSR count). The van der Waals surface area contributed by atoms with Crippen LogP contribution in [0.3, 0.4) is 0 Å². The molecule has 2 N–H and O–H groups in total. The van der Waals surface area contributed by atoms with E-state index in [4.69, 9.17) is 4.74 Å². The van der Waals surface area contributed by atoms with Gasteiger partial charge in [-0.15, -0.1) is 0 Å². The molecule has 0 fully saturated rings. The van der Waals surface area contributed by atoms with Gasteiger partial charge in [0.1, 0.15) is 5.75 Å². The molecule has 0 atom stereocenters. The van der Waals surface area contributed by atoms with E-state index in [9.17, 15) is 18.0 Å². The predicted octanol–water partition coefficient (Wildman–Crippen LogP) is 2.96. The number of aromatic nitrogens is 2. The van der Waals surface area contributed by atoms with Crippen LogP contribution in [0.4, 0.5) is 5.69 Å². The lowest BCUT2D eigenvalue weighted by atomic mass is 10.1. The van der Waals surface area contributed by atoms with E-state index in [1.807, 2.05) is 32.0 Å². The van der Waals surface area contributed by atoms with Gasteiger partial charge in [0.25, 0.3) is 5.56 Å². The van der Waals surface area contributed by atoms with Crippen molar-refractivity contribution in [1.82, 2.24) is 9.97 Å². The van der Waals surface area contributed by atoms with Crippen molar-refractivity contribution in [2.75, 3.05) is 18.2 Å². The average molecular weight is 460 g/mol. The molecule has 0 radical (unpaired) electrons. The Morgan fingerprint density at radius 1 is 1.16 bits per heavy atom. The Hall–Kier alpha value is -3.11. The Bertz CT molecular complexity index is 1270. The lowest BCUT2D eigenvalue weighted by Gasteiger charge is -2.09. The highest BCUT2D eigenvalue weighted by Gasteiger charge is 2.22. The maximum Gasteiger partial charge on any atom is 0.270 e. The molecule has 0 saturated carbocycles. The van der Waals surface area contributed by atoms with E-state index in [0.29, 0.717) is 11.4 Å². The van der Waals surface area contributed by atoms with E-state index < -0.39 is 20.3 Å². The molecule has 2 aromatic carbocycles. The standard InChI is InChI=1S/C21H21N3O5S2/c1-13-4-9-17(14(2)10-13)23-19(25)12-30-21-22-11-18(20(26)24-21)31(27,28)16-7-5-15(29-3)6-8-16/h4-11H,12H2,1-3H3,(H,23,25)(H,22,24,26). The Balaban J connectivity index is 1.70. The fourth-order valence-corrected chi connectivity index (χ4v) is 4.65. The zero-order valence-corrected chi connectivity index (χ0v) is 18.8. The second-order valence-corrected chi connectivity index (χ2v) is 9.60. The Morgan fingerprint density at radius 2 is 1.87 bits per heavy atom. The first-order valence-corrected chi connectivity index (χ1v) is 11.7. The highest BCUT2D eigenvalue weighted by Crippen LogP contribution is 2.22. The van der Waals surface area contributed by atoms with E-state index in [2.05, 4.69) is 15.3 Å². The minimum Gasteiger partial charge on any atom is -0.497 e. The minimum absolute atomic E-state index is 0.000826. The summed E-state index contributed by atoms with van der Waals surface area (Å²) in [7, 11) is -2.57. The van der Waals surface area contributed by atoms with Gasteiger partial charge in [0.05, 0.1) is 24.0 Å². The van der Waals surface area contributed by atoms with Crippen molar-refractivity contribution < 1.29 is 17.9 Å². The van der Waals surface area contributed by atoms with Crippen LogP contribution in [-0.4, -0.2) is 37.2 Å². The van der Waals surface area contributed by atoms with Crippen LogP contribution in [0, 0.1) is 13.8 Å². The molecule has 1 aromatic heterocycles. The molecule has 0 bridgehead atoms. The molecule has 1 heterocycles. The molecular formula is C21H21N3O5S2. The van der Waals surface area contributed by atoms with Crippen molar-refractivity contribution in [3.63, 3.8) is 0 Å². The Kier molecular flexibility index (Phi) is 6.81. The number of H-pyrrole nitrogens is 1. The zero-order chi connectivity index (χ0) is 22.6. The minimum atomic E-state index is -4.04. The lowest BCUT2D eigenvalue weighted by molar-refractivity contribution is -0.113. The quantitative estimate of drug-likeness (QED) is 0.412. The van der Waals surface area contributed by atoms with Gasteiger partial charge in [-0.05, 0) is 49.7 Å². The third-order valence-electron chi connectivity index (χ3n) is 4.40. The number of aryl methyl sites for hydroxylation is 2. The van der Waals surface area contributed by atoms with Crippen molar-refractivity contribution in [3.8, 4) is 5.75 Å². The number of anilines is 1. The number of amides is 1. The van der Waals surface area contributed by atoms with E-state index >= 15 is 0 Å². The predicted molar refractivity (Wildman–Crippen MR) is 119 cm³/mol. The van der Waals surface area contributed by atoms with Crippen molar-refractivity contribution in [2.45, 2.75) is 28.8 Å². The number of rotatable bonds is 7. The first-order chi connectivity index (χ1) is 14.7. The van der Waals surface area contributed by atoms with E-state index in [1.54, 1.807) is 0 Å². The van der Waals surface area contributed by atoms with Crippen molar-refractivity contribution in [1.29, 1.82) is 0 Å². The topological polar surface area (TPSA) is 118 Å². The molecule has 0 unspecified atom stereocenters. The van der Waals surface area contributed by atoms with Gasteiger partial charge in [0.2, 0.25) is 15.7 Å². The fraction of sp³-hybridized carbons (Fsp3) is 0.190. The van der Waals surface area contributed by atoms with Crippen LogP contribution in [0.2, 0.25) is 0 Å². The zero-order valence-electron chi connectivity index (χ0n) is 17.1. The summed E-state index contributed by atoms with van der Waals surface area (Å²) in [5, 5.41) is 2.95. The number of nitrogens with zero attached hydrogens (tertiary/aromatic N) is 1. The van der Waals surface area contributed by atoms with E-state index in [0.717, 1.165) is 29.1 Å². The largest absolute Gasteiger partial charge is 0.497 e. The third-order valence-corrected chi connectivity index (χ3v) is 7.05. The molecular weight excluding hydrogens is 438 g/mol. The summed E-state index contributed by atoms with van der Waals surface area (Å²) >= 11 is 1.00. The number of carbonyl (C=O) groups is 1. The average Bonchev–Trinajstić information content (AvgIpc) is 2.74. The summed E-state index contributed by atoms with van der Waals surface area (Å²) in [4.78, 5) is 30.5. The van der Waals surface area contributed by atoms with Crippen LogP contribution in [0.15, 0.2) is 68.4 Å². The summed E-state index contributed by atoms with van der Waals surface area (Å²) in [5.74, 6) is 0.229. The van der Waals surface area contributed by atoms with Crippen molar-refractivity contribution >= 4 is 33.2 Å². The summed E-state index contributed by atoms with van der Waals surface area (Å²) < 4.78 is 30.4. The first kappa shape index (κ1) is 22.6. The maximum absolute atomic E-state index is 12.7. The third kappa shape index (κ3) is 5.33. The van der Waals surface area contributed by atoms with E-state index in [1.165, 1.54) is 31.4 Å². The summed E-state index contributed by atoms with van der Waals surface area (Å²) in [6, 6.07) is 11.4. The highest BCUT2D eigenvalue weighted by molar-refractivity contribution is 7.99. The highest BCUT2D eigenvalue weighted by atomic mass is 32.2. The van der Waals surface area contributed by atoms with Gasteiger partial charge in [-0.2, -0.15) is 0 Å². The number of hydrogen-bond donors (Lipinski definition) is 2. The number of ether oxygens (including phenoxy) is 1. The number of thioether (sulfide) groups is 1. The van der Waals surface area contributed by atoms with Crippen LogP contribution in [0.1, 0.15) is 11.1 Å². The monoisotopic (exact) mass is 459 g/mol. The van der Waals surface area contributed by atoms with Gasteiger partial charge in [0.15, 0.2) is 10.1 Å². The van der Waals surface area contributed by atoms with Crippen LogP contribution in [0.25, 0.3) is 0 Å². The summed E-state index contributed by atoms with van der Waals surface area (Å²) in [6.07, 6.45) is 1.00. The Morgan fingerprint density at radius 3 is 2.48 bits per heavy atom. The lowest BCUT2D eigenvalue weighted by Crippen LogP contribution is -2.20. The second-order valence-electron chi connectivity index (χ2n) is 6.72. The van der Waals surface area contributed by atoms with Gasteiger partial charge in [-0.25, -0.2) is 13.4 Å². The molecule has 31 heavy (non-hydrogen) atoms. The van der Waals surface area contributed by atoms with Crippen LogP contribution >= 0.6 is 11.8 Å². The molecule has 0 saturated heterocycles. The summed E-state index contributed by atoms with van der Waals surface area (Å²) in [6.45, 7) is 3.87. The van der Waals surface area contributed by atoms with Crippen LogP contribution in [-0.2, 0) is 14.6 Å². The number of carbonyl (C=O) groups excluding carboxylic acids is 1. The SMILES string of the molecule is COc1ccc(S(=O)(=O)c2cnc(SCC(=O)Nc3ccc(C)cc3C)[nH]c2=O)cc1. The second kappa shape index (κ2) is 9.36. The normalized spacial score (nSPS) is 11.2. The molecule has 3 aromatic rings.